The van der Waals surface area contributed by atoms with Gasteiger partial charge in [0, 0.05) is 22.9 Å². The second kappa shape index (κ2) is 10.3. The highest BCUT2D eigenvalue weighted by atomic mass is 16.5. The average Bonchev–Trinajstić information content (AvgIpc) is 2.77. The normalized spacial score (nSPS) is 11.5. The van der Waals surface area contributed by atoms with Crippen molar-refractivity contribution in [3.05, 3.63) is 131 Å². The first-order valence-corrected chi connectivity index (χ1v) is 10.1. The Balaban J connectivity index is 1.92. The summed E-state index contributed by atoms with van der Waals surface area (Å²) in [5.74, 6) is -0.465. The summed E-state index contributed by atoms with van der Waals surface area (Å²) >= 11 is 0. The van der Waals surface area contributed by atoms with E-state index in [9.17, 15) is 14.8 Å². The van der Waals surface area contributed by atoms with Gasteiger partial charge in [0.2, 0.25) is 0 Å². The Morgan fingerprint density at radius 2 is 1.32 bits per heavy atom. The molecule has 0 heterocycles. The zero-order valence-corrected chi connectivity index (χ0v) is 17.7. The molecule has 4 nitrogen and oxygen atoms in total. The van der Waals surface area contributed by atoms with Gasteiger partial charge in [-0.2, -0.15) is 0 Å². The summed E-state index contributed by atoms with van der Waals surface area (Å²) in [5.41, 5.74) is 3.89. The van der Waals surface area contributed by atoms with E-state index in [4.69, 9.17) is 0 Å². The van der Waals surface area contributed by atoms with Crippen LogP contribution in [0.3, 0.4) is 0 Å². The molecule has 0 amide bonds. The minimum Gasteiger partial charge on any atom is -0.289 e. The third-order valence-electron chi connectivity index (χ3n) is 4.95. The summed E-state index contributed by atoms with van der Waals surface area (Å²) in [7, 11) is 0. The van der Waals surface area contributed by atoms with Crippen LogP contribution in [0.5, 0.6) is 0 Å². The molecule has 0 aliphatic carbocycles. The molecule has 1 N–H and O–H groups in total. The standard InChI is InChI=1S/C27H25NO3/c1-20-10-6-8-14-24(20)26(29)17-16-23(27(30)25-15-9-7-11-21(25)2)19-28(31)18-22-12-4-3-5-13-22/h3-17,19,31H,18H2,1-2H3/b17-16+,23-19+. The molecule has 0 saturated carbocycles. The number of carbonyl (C=O) groups is 2. The summed E-state index contributed by atoms with van der Waals surface area (Å²) in [5, 5.41) is 11.4. The van der Waals surface area contributed by atoms with E-state index in [0.717, 1.165) is 21.8 Å². The number of nitrogens with zero attached hydrogens (tertiary/aromatic N) is 1. The van der Waals surface area contributed by atoms with Gasteiger partial charge < -0.3 is 0 Å². The second-order valence-electron chi connectivity index (χ2n) is 7.32. The molecule has 0 aliphatic heterocycles. The molecular weight excluding hydrogens is 386 g/mol. The molecule has 0 radical (unpaired) electrons. The minimum absolute atomic E-state index is 0.200. The first-order valence-electron chi connectivity index (χ1n) is 10.1. The van der Waals surface area contributed by atoms with Gasteiger partial charge in [0.05, 0.1) is 6.54 Å². The van der Waals surface area contributed by atoms with E-state index < -0.39 is 0 Å². The number of benzene rings is 3. The van der Waals surface area contributed by atoms with Crippen LogP contribution >= 0.6 is 0 Å². The van der Waals surface area contributed by atoms with Crippen LogP contribution in [-0.2, 0) is 6.54 Å². The number of carbonyl (C=O) groups excluding carboxylic acids is 2. The van der Waals surface area contributed by atoms with Crippen LogP contribution in [0.1, 0.15) is 37.4 Å². The molecule has 0 aromatic heterocycles. The molecule has 4 heteroatoms. The third-order valence-corrected chi connectivity index (χ3v) is 4.95. The highest BCUT2D eigenvalue weighted by Gasteiger charge is 2.15. The highest BCUT2D eigenvalue weighted by molar-refractivity contribution is 6.13. The lowest BCUT2D eigenvalue weighted by Crippen LogP contribution is -2.15. The maximum Gasteiger partial charge on any atom is 0.194 e. The molecule has 0 saturated heterocycles. The number of Topliss-reactive ketones (excluding diaryl/α,β-unsaturated/α-hetero) is 1. The van der Waals surface area contributed by atoms with Crippen LogP contribution in [0.25, 0.3) is 0 Å². The SMILES string of the molecule is Cc1ccccc1C(=O)/C=C/C(=C\N(O)Cc1ccccc1)C(=O)c1ccccc1C. The highest BCUT2D eigenvalue weighted by Crippen LogP contribution is 2.17. The van der Waals surface area contributed by atoms with Crippen molar-refractivity contribution < 1.29 is 14.8 Å². The molecule has 3 rings (SSSR count). The first-order chi connectivity index (χ1) is 15.0. The average molecular weight is 412 g/mol. The smallest absolute Gasteiger partial charge is 0.194 e. The van der Waals surface area contributed by atoms with E-state index in [2.05, 4.69) is 0 Å². The number of allylic oxidation sites excluding steroid dienone is 3. The van der Waals surface area contributed by atoms with E-state index in [0.29, 0.717) is 11.1 Å². The fourth-order valence-corrected chi connectivity index (χ4v) is 3.24. The van der Waals surface area contributed by atoms with Crippen LogP contribution in [0.4, 0.5) is 0 Å². The minimum atomic E-state index is -0.265. The molecule has 31 heavy (non-hydrogen) atoms. The number of hydroxylamine groups is 2. The van der Waals surface area contributed by atoms with Gasteiger partial charge in [-0.05, 0) is 42.7 Å². The second-order valence-corrected chi connectivity index (χ2v) is 7.32. The Kier molecular flexibility index (Phi) is 7.31. The monoisotopic (exact) mass is 411 g/mol. The molecule has 0 unspecified atom stereocenters. The van der Waals surface area contributed by atoms with Gasteiger partial charge in [-0.15, -0.1) is 0 Å². The molecule has 0 bridgehead atoms. The Bertz CT molecular complexity index is 1130. The number of rotatable bonds is 8. The molecule has 156 valence electrons. The van der Waals surface area contributed by atoms with Gasteiger partial charge >= 0.3 is 0 Å². The Morgan fingerprint density at radius 1 is 0.774 bits per heavy atom. The summed E-state index contributed by atoms with van der Waals surface area (Å²) < 4.78 is 0. The molecule has 0 fully saturated rings. The summed E-state index contributed by atoms with van der Waals surface area (Å²) in [6.45, 7) is 3.93. The lowest BCUT2D eigenvalue weighted by Gasteiger charge is -2.14. The zero-order valence-electron chi connectivity index (χ0n) is 17.7. The van der Waals surface area contributed by atoms with Crippen LogP contribution < -0.4 is 0 Å². The lowest BCUT2D eigenvalue weighted by atomic mass is 9.98. The summed E-state index contributed by atoms with van der Waals surface area (Å²) in [6.07, 6.45) is 4.21. The largest absolute Gasteiger partial charge is 0.289 e. The first kappa shape index (κ1) is 21.9. The van der Waals surface area contributed by atoms with Gasteiger partial charge in [-0.3, -0.25) is 19.9 Å². The van der Waals surface area contributed by atoms with Crippen LogP contribution in [0, 0.1) is 13.8 Å². The van der Waals surface area contributed by atoms with E-state index in [1.807, 2.05) is 68.4 Å². The van der Waals surface area contributed by atoms with Crippen molar-refractivity contribution in [1.29, 1.82) is 0 Å². The molecule has 0 spiro atoms. The van der Waals surface area contributed by atoms with E-state index >= 15 is 0 Å². The van der Waals surface area contributed by atoms with Crippen LogP contribution in [0.15, 0.2) is 103 Å². The maximum atomic E-state index is 13.2. The molecule has 0 atom stereocenters. The third kappa shape index (κ3) is 5.87. The van der Waals surface area contributed by atoms with Gasteiger partial charge in [-0.25, -0.2) is 0 Å². The molecule has 3 aromatic carbocycles. The number of hydrogen-bond acceptors (Lipinski definition) is 4. The van der Waals surface area contributed by atoms with Crippen molar-refractivity contribution in [3.8, 4) is 0 Å². The van der Waals surface area contributed by atoms with E-state index in [-0.39, 0.29) is 23.7 Å². The topological polar surface area (TPSA) is 57.6 Å². The van der Waals surface area contributed by atoms with Crippen molar-refractivity contribution in [2.75, 3.05) is 0 Å². The quantitative estimate of drug-likeness (QED) is 0.224. The Labute approximate surface area is 182 Å². The van der Waals surface area contributed by atoms with Crippen molar-refractivity contribution in [2.24, 2.45) is 0 Å². The number of hydrogen-bond donors (Lipinski definition) is 1. The van der Waals surface area contributed by atoms with Crippen molar-refractivity contribution in [1.82, 2.24) is 5.06 Å². The van der Waals surface area contributed by atoms with Gasteiger partial charge in [0.1, 0.15) is 0 Å². The number of aryl methyl sites for hydroxylation is 2. The zero-order chi connectivity index (χ0) is 22.2. The van der Waals surface area contributed by atoms with Gasteiger partial charge in [0.15, 0.2) is 11.6 Å². The van der Waals surface area contributed by atoms with E-state index in [1.165, 1.54) is 18.4 Å². The fourth-order valence-electron chi connectivity index (χ4n) is 3.24. The molecule has 3 aromatic rings. The van der Waals surface area contributed by atoms with Crippen molar-refractivity contribution in [3.63, 3.8) is 0 Å². The van der Waals surface area contributed by atoms with Crippen molar-refractivity contribution in [2.45, 2.75) is 20.4 Å². The Hall–Kier alpha value is -3.76. The molecular formula is C27H25NO3. The maximum absolute atomic E-state index is 13.2. The van der Waals surface area contributed by atoms with Crippen molar-refractivity contribution >= 4 is 11.6 Å². The lowest BCUT2D eigenvalue weighted by molar-refractivity contribution is -0.0496. The van der Waals surface area contributed by atoms with Crippen LogP contribution in [-0.4, -0.2) is 21.8 Å². The van der Waals surface area contributed by atoms with E-state index in [1.54, 1.807) is 24.3 Å². The van der Waals surface area contributed by atoms with Gasteiger partial charge in [-0.1, -0.05) is 78.9 Å². The Morgan fingerprint density at radius 3 is 1.94 bits per heavy atom. The predicted molar refractivity (Wildman–Crippen MR) is 122 cm³/mol. The molecule has 0 aliphatic rings. The fraction of sp³-hybridized carbons (Fsp3) is 0.111. The van der Waals surface area contributed by atoms with Gasteiger partial charge in [0.25, 0.3) is 0 Å². The summed E-state index contributed by atoms with van der Waals surface area (Å²) in [4.78, 5) is 25.9. The predicted octanol–water partition coefficient (Wildman–Crippen LogP) is 5.70. The number of ketones is 2. The summed E-state index contributed by atoms with van der Waals surface area (Å²) in [6, 6.07) is 24.0. The van der Waals surface area contributed by atoms with Crippen LogP contribution in [0.2, 0.25) is 0 Å².